The molecule has 0 unspecified atom stereocenters. The molecule has 0 fully saturated rings. The highest BCUT2D eigenvalue weighted by atomic mass is 79.9. The van der Waals surface area contributed by atoms with Gasteiger partial charge in [-0.05, 0) is 34.5 Å². The third kappa shape index (κ3) is 2.31. The molecule has 0 bridgehead atoms. The van der Waals surface area contributed by atoms with Gasteiger partial charge in [-0.15, -0.1) is 5.10 Å². The van der Waals surface area contributed by atoms with Gasteiger partial charge in [0.25, 0.3) is 0 Å². The normalized spacial score (nSPS) is 10.8. The fraction of sp³-hybridized carbons (Fsp3) is 0.273. The van der Waals surface area contributed by atoms with Crippen LogP contribution in [0.3, 0.4) is 0 Å². The molecule has 2 aromatic rings. The van der Waals surface area contributed by atoms with Gasteiger partial charge in [0.2, 0.25) is 0 Å². The summed E-state index contributed by atoms with van der Waals surface area (Å²) < 4.78 is 15.6. The van der Waals surface area contributed by atoms with E-state index in [1.165, 1.54) is 12.1 Å². The van der Waals surface area contributed by atoms with Crippen LogP contribution in [0, 0.1) is 5.82 Å². The SMILES string of the molecule is CCCc1c(N)nnn1-c1cc(F)ccc1Br. The van der Waals surface area contributed by atoms with Crippen LogP contribution < -0.4 is 5.73 Å². The lowest BCUT2D eigenvalue weighted by Gasteiger charge is -2.08. The number of aromatic nitrogens is 3. The predicted octanol–water partition coefficient (Wildman–Crippen LogP) is 2.70. The maximum atomic E-state index is 13.2. The Labute approximate surface area is 107 Å². The number of halogens is 2. The topological polar surface area (TPSA) is 56.7 Å². The third-order valence-corrected chi connectivity index (χ3v) is 3.09. The summed E-state index contributed by atoms with van der Waals surface area (Å²) in [6.45, 7) is 2.04. The smallest absolute Gasteiger partial charge is 0.169 e. The van der Waals surface area contributed by atoms with Crippen LogP contribution in [0.5, 0.6) is 0 Å². The Balaban J connectivity index is 2.56. The van der Waals surface area contributed by atoms with Crippen LogP contribution in [-0.2, 0) is 6.42 Å². The number of nitrogen functional groups attached to an aromatic ring is 1. The van der Waals surface area contributed by atoms with Crippen molar-refractivity contribution in [2.75, 3.05) is 5.73 Å². The molecule has 0 aliphatic carbocycles. The Morgan fingerprint density at radius 2 is 2.24 bits per heavy atom. The van der Waals surface area contributed by atoms with Crippen LogP contribution in [0.15, 0.2) is 22.7 Å². The minimum absolute atomic E-state index is 0.320. The van der Waals surface area contributed by atoms with Crippen LogP contribution in [0.4, 0.5) is 10.2 Å². The zero-order valence-electron chi connectivity index (χ0n) is 9.32. The van der Waals surface area contributed by atoms with Gasteiger partial charge in [-0.1, -0.05) is 18.6 Å². The highest BCUT2D eigenvalue weighted by Gasteiger charge is 2.13. The van der Waals surface area contributed by atoms with Crippen LogP contribution in [0.25, 0.3) is 5.69 Å². The van der Waals surface area contributed by atoms with Crippen molar-refractivity contribution in [1.29, 1.82) is 0 Å². The molecule has 0 amide bonds. The number of hydrogen-bond donors (Lipinski definition) is 1. The quantitative estimate of drug-likeness (QED) is 0.948. The third-order valence-electron chi connectivity index (χ3n) is 2.42. The molecule has 0 saturated carbocycles. The Bertz CT molecular complexity index is 538. The molecular formula is C11H12BrFN4. The minimum atomic E-state index is -0.320. The van der Waals surface area contributed by atoms with E-state index in [1.54, 1.807) is 10.7 Å². The summed E-state index contributed by atoms with van der Waals surface area (Å²) in [7, 11) is 0. The van der Waals surface area contributed by atoms with Crippen LogP contribution in [-0.4, -0.2) is 15.0 Å². The van der Waals surface area contributed by atoms with Crippen molar-refractivity contribution in [2.45, 2.75) is 19.8 Å². The Kier molecular flexibility index (Phi) is 3.42. The fourth-order valence-corrected chi connectivity index (χ4v) is 2.04. The lowest BCUT2D eigenvalue weighted by Crippen LogP contribution is -2.05. The zero-order valence-corrected chi connectivity index (χ0v) is 10.9. The van der Waals surface area contributed by atoms with Gasteiger partial charge in [0.05, 0.1) is 11.4 Å². The molecule has 1 heterocycles. The molecule has 0 atom stereocenters. The molecule has 17 heavy (non-hydrogen) atoms. The maximum absolute atomic E-state index is 13.2. The van der Waals surface area contributed by atoms with Crippen molar-refractivity contribution < 1.29 is 4.39 Å². The number of nitrogens with zero attached hydrogens (tertiary/aromatic N) is 3. The molecule has 4 nitrogen and oxygen atoms in total. The van der Waals surface area contributed by atoms with Crippen molar-refractivity contribution >= 4 is 21.7 Å². The van der Waals surface area contributed by atoms with E-state index >= 15 is 0 Å². The summed E-state index contributed by atoms with van der Waals surface area (Å²) in [6, 6.07) is 4.42. The largest absolute Gasteiger partial charge is 0.381 e. The molecule has 1 aromatic carbocycles. The van der Waals surface area contributed by atoms with Gasteiger partial charge in [0.15, 0.2) is 5.82 Å². The second-order valence-corrected chi connectivity index (χ2v) is 4.53. The summed E-state index contributed by atoms with van der Waals surface area (Å²) in [6.07, 6.45) is 1.67. The van der Waals surface area contributed by atoms with Crippen LogP contribution >= 0.6 is 15.9 Å². The van der Waals surface area contributed by atoms with Gasteiger partial charge in [-0.25, -0.2) is 9.07 Å². The van der Waals surface area contributed by atoms with Crippen molar-refractivity contribution in [3.63, 3.8) is 0 Å². The number of rotatable bonds is 3. The van der Waals surface area contributed by atoms with E-state index in [-0.39, 0.29) is 5.82 Å². The number of benzene rings is 1. The molecule has 6 heteroatoms. The number of hydrogen-bond acceptors (Lipinski definition) is 3. The zero-order chi connectivity index (χ0) is 12.4. The predicted molar refractivity (Wildman–Crippen MR) is 67.4 cm³/mol. The minimum Gasteiger partial charge on any atom is -0.381 e. The first kappa shape index (κ1) is 12.0. The summed E-state index contributed by atoms with van der Waals surface area (Å²) in [5, 5.41) is 7.78. The Hall–Kier alpha value is -1.43. The van der Waals surface area contributed by atoms with Crippen molar-refractivity contribution in [1.82, 2.24) is 15.0 Å². The molecule has 0 saturated heterocycles. The second-order valence-electron chi connectivity index (χ2n) is 3.68. The number of nitrogens with two attached hydrogens (primary N) is 1. The van der Waals surface area contributed by atoms with E-state index in [2.05, 4.69) is 26.2 Å². The molecule has 0 spiro atoms. The van der Waals surface area contributed by atoms with Gasteiger partial charge >= 0.3 is 0 Å². The summed E-state index contributed by atoms with van der Waals surface area (Å²) in [4.78, 5) is 0. The standard InChI is InChI=1S/C11H12BrFN4/c1-2-3-9-11(14)15-16-17(9)10-6-7(13)4-5-8(10)12/h4-6H,2-3,14H2,1H3. The monoisotopic (exact) mass is 298 g/mol. The average molecular weight is 299 g/mol. The summed E-state index contributed by atoms with van der Waals surface area (Å²) >= 11 is 3.37. The molecule has 0 aliphatic heterocycles. The van der Waals surface area contributed by atoms with E-state index in [1.807, 2.05) is 6.92 Å². The average Bonchev–Trinajstić information content (AvgIpc) is 2.65. The van der Waals surface area contributed by atoms with Gasteiger partial charge in [-0.2, -0.15) is 0 Å². The lowest BCUT2D eigenvalue weighted by atomic mass is 10.2. The first-order chi connectivity index (χ1) is 8.13. The first-order valence-electron chi connectivity index (χ1n) is 5.29. The molecule has 0 radical (unpaired) electrons. The van der Waals surface area contributed by atoms with Crippen molar-refractivity contribution in [3.8, 4) is 5.69 Å². The Morgan fingerprint density at radius 3 is 2.94 bits per heavy atom. The van der Waals surface area contributed by atoms with E-state index in [0.29, 0.717) is 11.5 Å². The first-order valence-corrected chi connectivity index (χ1v) is 6.08. The fourth-order valence-electron chi connectivity index (χ4n) is 1.63. The molecule has 1 aromatic heterocycles. The summed E-state index contributed by atoms with van der Waals surface area (Å²) in [5.74, 6) is 0.0720. The van der Waals surface area contributed by atoms with E-state index in [9.17, 15) is 4.39 Å². The van der Waals surface area contributed by atoms with Gasteiger partial charge in [0, 0.05) is 10.5 Å². The molecule has 90 valence electrons. The maximum Gasteiger partial charge on any atom is 0.169 e. The molecule has 0 aliphatic rings. The van der Waals surface area contributed by atoms with E-state index < -0.39 is 0 Å². The van der Waals surface area contributed by atoms with Crippen molar-refractivity contribution in [3.05, 3.63) is 34.2 Å². The molecular weight excluding hydrogens is 287 g/mol. The second kappa shape index (κ2) is 4.83. The molecule has 2 N–H and O–H groups in total. The van der Waals surface area contributed by atoms with Crippen LogP contribution in [0.1, 0.15) is 19.0 Å². The lowest BCUT2D eigenvalue weighted by molar-refractivity contribution is 0.623. The number of anilines is 1. The van der Waals surface area contributed by atoms with E-state index in [4.69, 9.17) is 5.73 Å². The molecule has 2 rings (SSSR count). The van der Waals surface area contributed by atoms with Gasteiger partial charge in [-0.3, -0.25) is 0 Å². The van der Waals surface area contributed by atoms with Gasteiger partial charge in [0.1, 0.15) is 5.82 Å². The highest BCUT2D eigenvalue weighted by Crippen LogP contribution is 2.24. The summed E-state index contributed by atoms with van der Waals surface area (Å²) in [5.41, 5.74) is 7.16. The Morgan fingerprint density at radius 1 is 1.47 bits per heavy atom. The highest BCUT2D eigenvalue weighted by molar-refractivity contribution is 9.10. The van der Waals surface area contributed by atoms with Crippen LogP contribution in [0.2, 0.25) is 0 Å². The van der Waals surface area contributed by atoms with Crippen molar-refractivity contribution in [2.24, 2.45) is 0 Å². The van der Waals surface area contributed by atoms with E-state index in [0.717, 1.165) is 23.0 Å². The van der Waals surface area contributed by atoms with Gasteiger partial charge < -0.3 is 5.73 Å².